The van der Waals surface area contributed by atoms with Crippen LogP contribution in [0.2, 0.25) is 0 Å². The van der Waals surface area contributed by atoms with Crippen LogP contribution in [0.25, 0.3) is 6.08 Å². The largest absolute Gasteiger partial charge is 0.398 e. The van der Waals surface area contributed by atoms with Gasteiger partial charge in [-0.25, -0.2) is 0 Å². The number of nitrogen functional groups attached to an aromatic ring is 1. The first kappa shape index (κ1) is 16.1. The molecule has 1 aliphatic heterocycles. The van der Waals surface area contributed by atoms with Crippen LogP contribution in [0.3, 0.4) is 0 Å². The maximum atomic E-state index is 5.98. The summed E-state index contributed by atoms with van der Waals surface area (Å²) in [6.45, 7) is 1.73. The minimum atomic E-state index is 0. The first-order valence-electron chi connectivity index (χ1n) is 7.13. The van der Waals surface area contributed by atoms with E-state index < -0.39 is 0 Å². The molecule has 1 heterocycles. The topological polar surface area (TPSA) is 41.6 Å². The lowest BCUT2D eigenvalue weighted by molar-refractivity contribution is 0.897. The average Bonchev–Trinajstić information content (AvgIpc) is 2.67. The number of hydrogen-bond donors (Lipinski definition) is 1. The number of benzodiazepines with no additional fused rings is 1. The zero-order valence-corrected chi connectivity index (χ0v) is 13.4. The van der Waals surface area contributed by atoms with Crippen LogP contribution in [0.1, 0.15) is 11.1 Å². The van der Waals surface area contributed by atoms with Gasteiger partial charge >= 0.3 is 0 Å². The Labute approximate surface area is 137 Å². The number of rotatable bonds is 2. The normalized spacial score (nSPS) is 14.0. The highest BCUT2D eigenvalue weighted by Crippen LogP contribution is 2.23. The van der Waals surface area contributed by atoms with Gasteiger partial charge in [0, 0.05) is 30.5 Å². The molecule has 22 heavy (non-hydrogen) atoms. The Morgan fingerprint density at radius 2 is 1.77 bits per heavy atom. The third kappa shape index (κ3) is 3.31. The SMILES string of the molecule is CN1CCN=C(/C=C/c2ccccc2N)c2ccccc21.Cl. The lowest BCUT2D eigenvalue weighted by Crippen LogP contribution is -2.20. The number of fused-ring (bicyclic) bond motifs is 1. The van der Waals surface area contributed by atoms with E-state index in [4.69, 9.17) is 10.7 Å². The molecular formula is C18H20ClN3. The van der Waals surface area contributed by atoms with Gasteiger partial charge in [0.1, 0.15) is 0 Å². The van der Waals surface area contributed by atoms with E-state index in [1.54, 1.807) is 0 Å². The molecule has 2 aromatic carbocycles. The second-order valence-electron chi connectivity index (χ2n) is 5.17. The first-order valence-corrected chi connectivity index (χ1v) is 7.13. The van der Waals surface area contributed by atoms with Gasteiger partial charge in [-0.15, -0.1) is 12.4 Å². The molecule has 3 nitrogen and oxygen atoms in total. The van der Waals surface area contributed by atoms with Crippen molar-refractivity contribution in [1.29, 1.82) is 0 Å². The fourth-order valence-electron chi connectivity index (χ4n) is 2.52. The molecule has 1 aliphatic rings. The molecule has 0 saturated heterocycles. The van der Waals surface area contributed by atoms with Gasteiger partial charge in [-0.05, 0) is 23.8 Å². The third-order valence-corrected chi connectivity index (χ3v) is 3.73. The fraction of sp³-hybridized carbons (Fsp3) is 0.167. The summed E-state index contributed by atoms with van der Waals surface area (Å²) < 4.78 is 0. The van der Waals surface area contributed by atoms with Gasteiger partial charge in [0.05, 0.1) is 12.3 Å². The third-order valence-electron chi connectivity index (χ3n) is 3.73. The number of nitrogens with two attached hydrogens (primary N) is 1. The molecule has 0 aliphatic carbocycles. The standard InChI is InChI=1S/C18H19N3.ClH/c1-21-13-12-20-17(15-7-3-5-9-18(15)21)11-10-14-6-2-4-8-16(14)19;/h2-11H,12-13,19H2,1H3;1H/b11-10+;. The first-order chi connectivity index (χ1) is 10.3. The summed E-state index contributed by atoms with van der Waals surface area (Å²) in [5.74, 6) is 0. The number of likely N-dealkylation sites (N-methyl/N-ethyl adjacent to an activating group) is 1. The summed E-state index contributed by atoms with van der Waals surface area (Å²) in [4.78, 5) is 6.95. The van der Waals surface area contributed by atoms with Crippen LogP contribution in [0.15, 0.2) is 59.6 Å². The summed E-state index contributed by atoms with van der Waals surface area (Å²) in [7, 11) is 2.11. The van der Waals surface area contributed by atoms with Crippen LogP contribution in [0.5, 0.6) is 0 Å². The Bertz CT molecular complexity index is 707. The van der Waals surface area contributed by atoms with Crippen molar-refractivity contribution in [2.24, 2.45) is 4.99 Å². The lowest BCUT2D eigenvalue weighted by Gasteiger charge is -2.18. The maximum absolute atomic E-state index is 5.98. The predicted octanol–water partition coefficient (Wildman–Crippen LogP) is 3.64. The zero-order valence-electron chi connectivity index (χ0n) is 12.6. The smallest absolute Gasteiger partial charge is 0.0668 e. The number of nitrogens with zero attached hydrogens (tertiary/aromatic N) is 2. The van der Waals surface area contributed by atoms with Crippen molar-refractivity contribution in [1.82, 2.24) is 0 Å². The molecular weight excluding hydrogens is 294 g/mol. The molecule has 0 spiro atoms. The van der Waals surface area contributed by atoms with Gasteiger partial charge in [0.25, 0.3) is 0 Å². The Balaban J connectivity index is 0.00000176. The quantitative estimate of drug-likeness (QED) is 0.860. The Hall–Kier alpha value is -2.26. The highest BCUT2D eigenvalue weighted by Gasteiger charge is 2.13. The molecule has 0 aromatic heterocycles. The van der Waals surface area contributed by atoms with Gasteiger partial charge in [-0.2, -0.15) is 0 Å². The second-order valence-corrected chi connectivity index (χ2v) is 5.17. The molecule has 0 unspecified atom stereocenters. The summed E-state index contributed by atoms with van der Waals surface area (Å²) in [6.07, 6.45) is 4.10. The van der Waals surface area contributed by atoms with Crippen molar-refractivity contribution in [2.75, 3.05) is 30.8 Å². The molecule has 0 bridgehead atoms. The summed E-state index contributed by atoms with van der Waals surface area (Å²) in [5, 5.41) is 0. The van der Waals surface area contributed by atoms with E-state index in [0.717, 1.165) is 30.1 Å². The van der Waals surface area contributed by atoms with E-state index in [2.05, 4.69) is 42.3 Å². The van der Waals surface area contributed by atoms with Crippen LogP contribution in [-0.2, 0) is 0 Å². The summed E-state index contributed by atoms with van der Waals surface area (Å²) in [6, 6.07) is 16.2. The zero-order chi connectivity index (χ0) is 14.7. The molecule has 2 aromatic rings. The number of allylic oxidation sites excluding steroid dienone is 1. The van der Waals surface area contributed by atoms with Crippen LogP contribution in [0.4, 0.5) is 11.4 Å². The molecule has 0 radical (unpaired) electrons. The van der Waals surface area contributed by atoms with E-state index in [-0.39, 0.29) is 12.4 Å². The highest BCUT2D eigenvalue weighted by molar-refractivity contribution is 6.14. The number of hydrogen-bond acceptors (Lipinski definition) is 3. The monoisotopic (exact) mass is 313 g/mol. The van der Waals surface area contributed by atoms with Crippen molar-refractivity contribution in [3.05, 3.63) is 65.7 Å². The molecule has 0 fully saturated rings. The number of para-hydroxylation sites is 2. The molecule has 3 rings (SSSR count). The molecule has 0 amide bonds. The van der Waals surface area contributed by atoms with E-state index in [9.17, 15) is 0 Å². The molecule has 114 valence electrons. The van der Waals surface area contributed by atoms with E-state index in [0.29, 0.717) is 0 Å². The molecule has 2 N–H and O–H groups in total. The van der Waals surface area contributed by atoms with Crippen molar-refractivity contribution in [2.45, 2.75) is 0 Å². The predicted molar refractivity (Wildman–Crippen MR) is 98.3 cm³/mol. The number of halogens is 1. The number of aliphatic imine (C=N–C) groups is 1. The van der Waals surface area contributed by atoms with Gasteiger partial charge in [0.2, 0.25) is 0 Å². The van der Waals surface area contributed by atoms with Gasteiger partial charge in [-0.1, -0.05) is 42.5 Å². The Morgan fingerprint density at radius 3 is 2.59 bits per heavy atom. The van der Waals surface area contributed by atoms with Gasteiger partial charge in [0.15, 0.2) is 0 Å². The summed E-state index contributed by atoms with van der Waals surface area (Å²) in [5.41, 5.74) is 11.2. The van der Waals surface area contributed by atoms with Crippen molar-refractivity contribution >= 4 is 35.6 Å². The van der Waals surface area contributed by atoms with Gasteiger partial charge < -0.3 is 10.6 Å². The minimum Gasteiger partial charge on any atom is -0.398 e. The second kappa shape index (κ2) is 7.14. The fourth-order valence-corrected chi connectivity index (χ4v) is 2.52. The van der Waals surface area contributed by atoms with Crippen LogP contribution in [0, 0.1) is 0 Å². The Morgan fingerprint density at radius 1 is 1.05 bits per heavy atom. The minimum absolute atomic E-state index is 0. The highest BCUT2D eigenvalue weighted by atomic mass is 35.5. The van der Waals surface area contributed by atoms with Crippen LogP contribution in [-0.4, -0.2) is 25.8 Å². The van der Waals surface area contributed by atoms with Crippen molar-refractivity contribution < 1.29 is 0 Å². The van der Waals surface area contributed by atoms with Gasteiger partial charge in [-0.3, -0.25) is 4.99 Å². The van der Waals surface area contributed by atoms with E-state index in [1.807, 2.05) is 30.3 Å². The van der Waals surface area contributed by atoms with Crippen molar-refractivity contribution in [3.63, 3.8) is 0 Å². The molecule has 0 atom stereocenters. The molecule has 4 heteroatoms. The van der Waals surface area contributed by atoms with E-state index in [1.165, 1.54) is 11.3 Å². The number of anilines is 2. The molecule has 0 saturated carbocycles. The van der Waals surface area contributed by atoms with E-state index >= 15 is 0 Å². The van der Waals surface area contributed by atoms with Crippen LogP contribution >= 0.6 is 12.4 Å². The van der Waals surface area contributed by atoms with Crippen LogP contribution < -0.4 is 10.6 Å². The average molecular weight is 314 g/mol. The Kier molecular flexibility index (Phi) is 5.23. The lowest BCUT2D eigenvalue weighted by atomic mass is 10.1. The number of benzene rings is 2. The summed E-state index contributed by atoms with van der Waals surface area (Å²) >= 11 is 0. The van der Waals surface area contributed by atoms with Crippen molar-refractivity contribution in [3.8, 4) is 0 Å². The maximum Gasteiger partial charge on any atom is 0.0668 e.